The summed E-state index contributed by atoms with van der Waals surface area (Å²) in [5, 5.41) is 26.8. The zero-order valence-electron chi connectivity index (χ0n) is 9.57. The minimum absolute atomic E-state index is 0.313. The first-order chi connectivity index (χ1) is 8.52. The fourth-order valence-corrected chi connectivity index (χ4v) is 0.704. The number of aliphatic carboxylic acids is 2. The minimum Gasteiger partial charge on any atom is -0.508 e. The summed E-state index contributed by atoms with van der Waals surface area (Å²) in [6, 6.07) is 8.71. The van der Waals surface area contributed by atoms with Crippen LogP contribution >= 0.6 is 0 Å². The number of rotatable bonds is 4. The molecular formula is C11H15NO6. The third-order valence-corrected chi connectivity index (χ3v) is 1.31. The maximum atomic E-state index is 9.73. The van der Waals surface area contributed by atoms with Crippen molar-refractivity contribution in [2.45, 2.75) is 0 Å². The van der Waals surface area contributed by atoms with Gasteiger partial charge in [0.15, 0.2) is 0 Å². The Kier molecular flexibility index (Phi) is 12.6. The third-order valence-electron chi connectivity index (χ3n) is 1.31. The number of carbonyl (C=O) groups is 3. The van der Waals surface area contributed by atoms with Crippen molar-refractivity contribution < 1.29 is 29.7 Å². The number of hydrogen-bond donors (Lipinski definition) is 4. The van der Waals surface area contributed by atoms with Crippen molar-refractivity contribution in [3.63, 3.8) is 0 Å². The fraction of sp³-hybridized carbons (Fsp3) is 0.182. The molecule has 0 atom stereocenters. The molecule has 1 aromatic carbocycles. The topological polar surface area (TPSA) is 124 Å². The number of phenolic OH excluding ortho intramolecular Hbond substituents is 1. The molecule has 7 nitrogen and oxygen atoms in total. The van der Waals surface area contributed by atoms with Crippen LogP contribution in [-0.2, 0) is 14.4 Å². The molecule has 0 saturated carbocycles. The summed E-state index contributed by atoms with van der Waals surface area (Å²) in [6.07, 6.45) is 0. The molecule has 0 spiro atoms. The molecule has 4 N–H and O–H groups in total. The van der Waals surface area contributed by atoms with Gasteiger partial charge in [-0.3, -0.25) is 14.9 Å². The second-order valence-electron chi connectivity index (χ2n) is 2.73. The van der Waals surface area contributed by atoms with Crippen LogP contribution in [0.4, 0.5) is 0 Å². The average molecular weight is 257 g/mol. The lowest BCUT2D eigenvalue weighted by Gasteiger charge is -1.93. The Morgan fingerprint density at radius 1 is 1.00 bits per heavy atom. The molecule has 100 valence electrons. The number of para-hydroxylation sites is 1. The average Bonchev–Trinajstić information content (AvgIpc) is 2.32. The van der Waals surface area contributed by atoms with Crippen molar-refractivity contribution in [2.75, 3.05) is 13.1 Å². The van der Waals surface area contributed by atoms with Gasteiger partial charge in [0.25, 0.3) is 0 Å². The molecule has 0 aliphatic carbocycles. The summed E-state index contributed by atoms with van der Waals surface area (Å²) in [5.74, 6) is -1.80. The van der Waals surface area contributed by atoms with Gasteiger partial charge in [-0.1, -0.05) is 18.2 Å². The number of benzene rings is 1. The summed E-state index contributed by atoms with van der Waals surface area (Å²) >= 11 is 0. The molecule has 0 bridgehead atoms. The molecule has 0 heterocycles. The largest absolute Gasteiger partial charge is 0.508 e. The number of hydrogen-bond acceptors (Lipinski definition) is 5. The quantitative estimate of drug-likeness (QED) is 0.596. The van der Waals surface area contributed by atoms with Crippen molar-refractivity contribution in [1.82, 2.24) is 5.32 Å². The van der Waals surface area contributed by atoms with E-state index in [1.807, 2.05) is 12.9 Å². The van der Waals surface area contributed by atoms with Gasteiger partial charge in [0, 0.05) is 0 Å². The maximum absolute atomic E-state index is 9.73. The lowest BCUT2D eigenvalue weighted by atomic mass is 10.3. The molecule has 0 unspecified atom stereocenters. The van der Waals surface area contributed by atoms with Gasteiger partial charge in [0.05, 0.1) is 13.1 Å². The van der Waals surface area contributed by atoms with E-state index in [0.717, 1.165) is 0 Å². The first kappa shape index (κ1) is 18.0. The number of carbonyl (C=O) groups excluding carboxylic acids is 1. The highest BCUT2D eigenvalue weighted by Gasteiger charge is 1.97. The van der Waals surface area contributed by atoms with Crippen LogP contribution in [-0.4, -0.2) is 47.1 Å². The Morgan fingerprint density at radius 2 is 1.39 bits per heavy atom. The van der Waals surface area contributed by atoms with Crippen LogP contribution in [0.2, 0.25) is 0 Å². The predicted octanol–water partition coefficient (Wildman–Crippen LogP) is -0.0475. The molecule has 18 heavy (non-hydrogen) atoms. The molecule has 0 aromatic heterocycles. The summed E-state index contributed by atoms with van der Waals surface area (Å²) in [6.45, 7) is 1.37. The number of aromatic hydroxyl groups is 1. The third kappa shape index (κ3) is 16.0. The van der Waals surface area contributed by atoms with Gasteiger partial charge in [-0.15, -0.1) is 0 Å². The SMILES string of the molecule is C=O.O=C(O)CNCC(=O)O.Oc1ccccc1. The van der Waals surface area contributed by atoms with Crippen molar-refractivity contribution in [1.29, 1.82) is 0 Å². The predicted molar refractivity (Wildman–Crippen MR) is 63.4 cm³/mol. The lowest BCUT2D eigenvalue weighted by molar-refractivity contribution is -0.137. The van der Waals surface area contributed by atoms with Gasteiger partial charge in [0.1, 0.15) is 12.5 Å². The smallest absolute Gasteiger partial charge is 0.317 e. The van der Waals surface area contributed by atoms with Crippen LogP contribution < -0.4 is 5.32 Å². The number of carboxylic acids is 2. The van der Waals surface area contributed by atoms with Crippen LogP contribution in [0.1, 0.15) is 0 Å². The Morgan fingerprint density at radius 3 is 1.61 bits per heavy atom. The summed E-state index contributed by atoms with van der Waals surface area (Å²) < 4.78 is 0. The molecule has 1 aromatic rings. The number of nitrogens with one attached hydrogen (secondary N) is 1. The summed E-state index contributed by atoms with van der Waals surface area (Å²) in [7, 11) is 0. The maximum Gasteiger partial charge on any atom is 0.317 e. The van der Waals surface area contributed by atoms with Crippen LogP contribution in [0.3, 0.4) is 0 Å². The Balaban J connectivity index is 0. The summed E-state index contributed by atoms with van der Waals surface area (Å²) in [5.41, 5.74) is 0. The van der Waals surface area contributed by atoms with E-state index >= 15 is 0 Å². The first-order valence-electron chi connectivity index (χ1n) is 4.69. The molecule has 0 saturated heterocycles. The lowest BCUT2D eigenvalue weighted by Crippen LogP contribution is -2.27. The number of carboxylic acid groups (broad SMARTS) is 2. The van der Waals surface area contributed by atoms with E-state index in [2.05, 4.69) is 5.32 Å². The van der Waals surface area contributed by atoms with Crippen molar-refractivity contribution >= 4 is 18.7 Å². The van der Waals surface area contributed by atoms with Gasteiger partial charge in [-0.2, -0.15) is 0 Å². The molecule has 1 rings (SSSR count). The van der Waals surface area contributed by atoms with Crippen LogP contribution in [0.25, 0.3) is 0 Å². The Hall–Kier alpha value is -2.41. The molecular weight excluding hydrogens is 242 g/mol. The molecule has 0 aliphatic heterocycles. The van der Waals surface area contributed by atoms with Crippen molar-refractivity contribution in [2.24, 2.45) is 0 Å². The van der Waals surface area contributed by atoms with E-state index in [-0.39, 0.29) is 13.1 Å². The summed E-state index contributed by atoms with van der Waals surface area (Å²) in [4.78, 5) is 27.5. The monoisotopic (exact) mass is 257 g/mol. The Labute approximate surface area is 104 Å². The highest BCUT2D eigenvalue weighted by Crippen LogP contribution is 2.02. The van der Waals surface area contributed by atoms with Gasteiger partial charge in [0.2, 0.25) is 0 Å². The van der Waals surface area contributed by atoms with Gasteiger partial charge < -0.3 is 20.1 Å². The standard InChI is InChI=1S/C6H6O.C4H7NO4.CH2O/c7-6-4-2-1-3-5-6;6-3(7)1-5-2-4(8)9;1-2/h1-5,7H;5H,1-2H2,(H,6,7)(H,8,9);1H2. The highest BCUT2D eigenvalue weighted by molar-refractivity contribution is 5.72. The van der Waals surface area contributed by atoms with Crippen molar-refractivity contribution in [3.05, 3.63) is 30.3 Å². The van der Waals surface area contributed by atoms with Crippen molar-refractivity contribution in [3.8, 4) is 5.75 Å². The fourth-order valence-electron chi connectivity index (χ4n) is 0.704. The van der Waals surface area contributed by atoms with E-state index in [1.54, 1.807) is 24.3 Å². The second-order valence-corrected chi connectivity index (χ2v) is 2.73. The highest BCUT2D eigenvalue weighted by atomic mass is 16.4. The van der Waals surface area contributed by atoms with E-state index in [9.17, 15) is 9.59 Å². The van der Waals surface area contributed by atoms with Gasteiger partial charge in [-0.25, -0.2) is 0 Å². The molecule has 0 radical (unpaired) electrons. The zero-order chi connectivity index (χ0) is 14.4. The zero-order valence-corrected chi connectivity index (χ0v) is 9.57. The van der Waals surface area contributed by atoms with Crippen LogP contribution in [0, 0.1) is 0 Å². The normalized spacial score (nSPS) is 8.00. The molecule has 7 heteroatoms. The first-order valence-corrected chi connectivity index (χ1v) is 4.69. The van der Waals surface area contributed by atoms with Crippen LogP contribution in [0.15, 0.2) is 30.3 Å². The van der Waals surface area contributed by atoms with Gasteiger partial charge in [-0.05, 0) is 12.1 Å². The minimum atomic E-state index is -1.06. The van der Waals surface area contributed by atoms with Crippen LogP contribution in [0.5, 0.6) is 5.75 Å². The van der Waals surface area contributed by atoms with Gasteiger partial charge >= 0.3 is 11.9 Å². The van der Waals surface area contributed by atoms with E-state index < -0.39 is 11.9 Å². The van der Waals surface area contributed by atoms with E-state index in [0.29, 0.717) is 5.75 Å². The number of phenols is 1. The van der Waals surface area contributed by atoms with E-state index in [4.69, 9.17) is 20.1 Å². The molecule has 0 aliphatic rings. The molecule has 0 fully saturated rings. The molecule has 0 amide bonds. The van der Waals surface area contributed by atoms with E-state index in [1.165, 1.54) is 0 Å². The Bertz CT molecular complexity index is 327. The second kappa shape index (κ2) is 12.7.